The fourth-order valence-corrected chi connectivity index (χ4v) is 5.03. The van der Waals surface area contributed by atoms with Gasteiger partial charge in [0.15, 0.2) is 0 Å². The van der Waals surface area contributed by atoms with E-state index in [1.165, 1.54) is 16.7 Å². The van der Waals surface area contributed by atoms with Gasteiger partial charge in [-0.15, -0.1) is 16.9 Å². The fraction of sp³-hybridized carbons (Fsp3) is 0.625. The van der Waals surface area contributed by atoms with E-state index in [4.69, 9.17) is 5.73 Å². The van der Waals surface area contributed by atoms with Crippen molar-refractivity contribution in [2.24, 2.45) is 24.6 Å². The Bertz CT molecular complexity index is 747. The number of aliphatic hydroxyl groups excluding tert-OH is 1. The van der Waals surface area contributed by atoms with E-state index in [9.17, 15) is 19.8 Å². The first-order valence-corrected chi connectivity index (χ1v) is 9.52. The molecule has 3 rings (SSSR count). The van der Waals surface area contributed by atoms with Crippen molar-refractivity contribution in [3.63, 3.8) is 0 Å². The topological polar surface area (TPSA) is 135 Å². The van der Waals surface area contributed by atoms with Crippen LogP contribution in [0.5, 0.6) is 0 Å². The first-order chi connectivity index (χ1) is 12.4. The molecule has 4 atom stereocenters. The van der Waals surface area contributed by atoms with Gasteiger partial charge < -0.3 is 20.8 Å². The van der Waals surface area contributed by atoms with Crippen LogP contribution in [0.15, 0.2) is 16.8 Å². The second kappa shape index (κ2) is 7.37. The average Bonchev–Trinajstić information content (AvgIpc) is 3.09. The lowest BCUT2D eigenvalue weighted by atomic mass is 9.77. The van der Waals surface area contributed by atoms with Gasteiger partial charge in [0, 0.05) is 29.8 Å². The molecule has 0 saturated carbocycles. The Morgan fingerprint density at radius 1 is 1.50 bits per heavy atom. The highest BCUT2D eigenvalue weighted by Crippen LogP contribution is 2.52. The molecule has 1 fully saturated rings. The number of β-lactam (4-membered cyclic amide) rings is 1. The maximum Gasteiger partial charge on any atom is 0.353 e. The lowest BCUT2D eigenvalue weighted by molar-refractivity contribution is -0.163. The summed E-state index contributed by atoms with van der Waals surface area (Å²) in [4.78, 5) is 26.3. The first-order valence-electron chi connectivity index (χ1n) is 8.53. The number of carbonyl (C=O) groups is 2. The summed E-state index contributed by atoms with van der Waals surface area (Å²) >= 11 is 1.38. The van der Waals surface area contributed by atoms with Crippen LogP contribution in [0, 0.1) is 11.8 Å². The van der Waals surface area contributed by atoms with Crippen molar-refractivity contribution in [2.45, 2.75) is 37.7 Å². The minimum atomic E-state index is -1.12. The molecule has 2 aliphatic rings. The number of fused-ring (bicyclic) bond motifs is 1. The SMILES string of the molecule is C[C@@H](O)[C@H]1C(=O)N2C(C(=O)O)=C(SCc3cn(C)nn3)[C@H](CCCN)[C@H]12. The maximum atomic E-state index is 12.5. The Morgan fingerprint density at radius 3 is 2.77 bits per heavy atom. The van der Waals surface area contributed by atoms with Crippen LogP contribution in [0.25, 0.3) is 0 Å². The van der Waals surface area contributed by atoms with Crippen LogP contribution in [0.1, 0.15) is 25.5 Å². The Labute approximate surface area is 155 Å². The van der Waals surface area contributed by atoms with Crippen molar-refractivity contribution in [2.75, 3.05) is 6.54 Å². The van der Waals surface area contributed by atoms with Crippen LogP contribution in [0.4, 0.5) is 0 Å². The molecular weight excluding hydrogens is 358 g/mol. The third-order valence-corrected chi connectivity index (χ3v) is 6.13. The van der Waals surface area contributed by atoms with E-state index in [-0.39, 0.29) is 23.6 Å². The molecule has 2 aliphatic heterocycles. The summed E-state index contributed by atoms with van der Waals surface area (Å²) in [6, 6.07) is -0.315. The number of nitrogens with zero attached hydrogens (tertiary/aromatic N) is 4. The highest BCUT2D eigenvalue weighted by molar-refractivity contribution is 8.02. The number of hydrogen-bond donors (Lipinski definition) is 3. The highest BCUT2D eigenvalue weighted by atomic mass is 32.2. The van der Waals surface area contributed by atoms with Gasteiger partial charge in [0.05, 0.1) is 23.8 Å². The molecule has 0 aliphatic carbocycles. The monoisotopic (exact) mass is 381 g/mol. The minimum absolute atomic E-state index is 0.0350. The minimum Gasteiger partial charge on any atom is -0.477 e. The van der Waals surface area contributed by atoms with E-state index >= 15 is 0 Å². The summed E-state index contributed by atoms with van der Waals surface area (Å²) in [6.45, 7) is 2.06. The average molecular weight is 381 g/mol. The van der Waals surface area contributed by atoms with E-state index in [0.717, 1.165) is 12.1 Å². The lowest BCUT2D eigenvalue weighted by Crippen LogP contribution is -2.63. The fourth-order valence-electron chi connectivity index (χ4n) is 3.80. The molecular formula is C16H23N5O4S. The molecule has 0 aromatic carbocycles. The zero-order chi connectivity index (χ0) is 19.0. The Balaban J connectivity index is 1.90. The number of rotatable bonds is 8. The van der Waals surface area contributed by atoms with Crippen LogP contribution < -0.4 is 5.73 Å². The van der Waals surface area contributed by atoms with Gasteiger partial charge in [-0.25, -0.2) is 4.79 Å². The third-order valence-electron chi connectivity index (χ3n) is 4.88. The van der Waals surface area contributed by atoms with Gasteiger partial charge >= 0.3 is 5.97 Å². The second-order valence-electron chi connectivity index (χ2n) is 6.69. The zero-order valence-electron chi connectivity index (χ0n) is 14.7. The molecule has 9 nitrogen and oxygen atoms in total. The number of nitrogens with two attached hydrogens (primary N) is 1. The summed E-state index contributed by atoms with van der Waals surface area (Å²) in [5.74, 6) is -1.68. The van der Waals surface area contributed by atoms with Gasteiger partial charge in [0.25, 0.3) is 0 Å². The Hall–Kier alpha value is -1.91. The third kappa shape index (κ3) is 3.12. The number of hydrogen-bond acceptors (Lipinski definition) is 7. The van der Waals surface area contributed by atoms with Crippen molar-refractivity contribution >= 4 is 23.6 Å². The number of thioether (sulfide) groups is 1. The molecule has 4 N–H and O–H groups in total. The number of carboxylic acid groups (broad SMARTS) is 1. The highest BCUT2D eigenvalue weighted by Gasteiger charge is 2.60. The number of aryl methyl sites for hydroxylation is 1. The van der Waals surface area contributed by atoms with E-state index in [0.29, 0.717) is 23.6 Å². The van der Waals surface area contributed by atoms with Gasteiger partial charge in [0.1, 0.15) is 5.70 Å². The molecule has 0 bridgehead atoms. The van der Waals surface area contributed by atoms with E-state index < -0.39 is 18.0 Å². The second-order valence-corrected chi connectivity index (χ2v) is 7.71. The van der Waals surface area contributed by atoms with Crippen molar-refractivity contribution in [3.05, 3.63) is 22.5 Å². The molecule has 1 saturated heterocycles. The maximum absolute atomic E-state index is 12.5. The number of aromatic nitrogens is 3. The van der Waals surface area contributed by atoms with Crippen LogP contribution >= 0.6 is 11.8 Å². The summed E-state index contributed by atoms with van der Waals surface area (Å²) in [5.41, 5.74) is 6.42. The molecule has 1 amide bonds. The van der Waals surface area contributed by atoms with Crippen LogP contribution in [-0.2, 0) is 22.4 Å². The number of aliphatic carboxylic acids is 1. The van der Waals surface area contributed by atoms with Crippen LogP contribution in [0.2, 0.25) is 0 Å². The molecule has 1 aromatic rings. The molecule has 3 heterocycles. The number of amides is 1. The van der Waals surface area contributed by atoms with E-state index in [2.05, 4.69) is 10.3 Å². The zero-order valence-corrected chi connectivity index (χ0v) is 15.5. The summed E-state index contributed by atoms with van der Waals surface area (Å²) in [5, 5.41) is 27.6. The molecule has 1 aromatic heterocycles. The van der Waals surface area contributed by atoms with Gasteiger partial charge in [-0.3, -0.25) is 9.48 Å². The standard InChI is InChI=1S/C16H23N5O4S/c1-8(22)11-12-10(4-3-5-17)14(13(16(24)25)21(12)15(11)23)26-7-9-6-20(2)19-18-9/h6,8,10-12,22H,3-5,7,17H2,1-2H3,(H,24,25)/t8-,10-,11-,12-/m1/s1. The lowest BCUT2D eigenvalue weighted by Gasteiger charge is -2.47. The molecule has 142 valence electrons. The van der Waals surface area contributed by atoms with Gasteiger partial charge in [-0.1, -0.05) is 5.21 Å². The smallest absolute Gasteiger partial charge is 0.353 e. The van der Waals surface area contributed by atoms with E-state index in [1.807, 2.05) is 0 Å². The largest absolute Gasteiger partial charge is 0.477 e. The van der Waals surface area contributed by atoms with Crippen LogP contribution in [-0.4, -0.2) is 60.7 Å². The normalized spacial score (nSPS) is 26.1. The number of carbonyl (C=O) groups excluding carboxylic acids is 1. The van der Waals surface area contributed by atoms with Gasteiger partial charge in [-0.2, -0.15) is 0 Å². The molecule has 0 radical (unpaired) electrons. The number of carboxylic acids is 1. The summed E-state index contributed by atoms with van der Waals surface area (Å²) in [6.07, 6.45) is 2.35. The predicted octanol–water partition coefficient (Wildman–Crippen LogP) is -0.0790. The van der Waals surface area contributed by atoms with Crippen molar-refractivity contribution < 1.29 is 19.8 Å². The first kappa shape index (κ1) is 18.9. The Kier molecular flexibility index (Phi) is 5.35. The van der Waals surface area contributed by atoms with Crippen LogP contribution in [0.3, 0.4) is 0 Å². The number of aliphatic hydroxyl groups is 1. The van der Waals surface area contributed by atoms with Crippen molar-refractivity contribution in [1.82, 2.24) is 19.9 Å². The predicted molar refractivity (Wildman–Crippen MR) is 94.5 cm³/mol. The molecule has 0 spiro atoms. The molecule has 0 unspecified atom stereocenters. The Morgan fingerprint density at radius 2 is 2.23 bits per heavy atom. The summed E-state index contributed by atoms with van der Waals surface area (Å²) < 4.78 is 1.59. The van der Waals surface area contributed by atoms with Gasteiger partial charge in [-0.05, 0) is 26.3 Å². The van der Waals surface area contributed by atoms with E-state index in [1.54, 1.807) is 24.9 Å². The molecule has 26 heavy (non-hydrogen) atoms. The van der Waals surface area contributed by atoms with Crippen molar-refractivity contribution in [3.8, 4) is 0 Å². The molecule has 10 heteroatoms. The van der Waals surface area contributed by atoms with Gasteiger partial charge in [0.2, 0.25) is 5.91 Å². The van der Waals surface area contributed by atoms with Crippen molar-refractivity contribution in [1.29, 1.82) is 0 Å². The summed E-state index contributed by atoms with van der Waals surface area (Å²) in [7, 11) is 1.76. The quantitative estimate of drug-likeness (QED) is 0.532.